The molecule has 0 aliphatic rings. The fraction of sp³-hybridized carbons (Fsp3) is 0.250. The Balaban J connectivity index is 1.18. The van der Waals surface area contributed by atoms with Gasteiger partial charge >= 0.3 is 0 Å². The topological polar surface area (TPSA) is 34.6 Å². The summed E-state index contributed by atoms with van der Waals surface area (Å²) in [4.78, 5) is 10.4. The zero-order chi connectivity index (χ0) is 29.6. The van der Waals surface area contributed by atoms with E-state index in [2.05, 4.69) is 120 Å². The molecule has 4 heteroatoms. The van der Waals surface area contributed by atoms with Gasteiger partial charge < -0.3 is 0 Å². The number of hydrogen-bond acceptors (Lipinski definition) is 2. The van der Waals surface area contributed by atoms with Crippen molar-refractivity contribution in [3.05, 3.63) is 120 Å². The van der Waals surface area contributed by atoms with Crippen molar-refractivity contribution in [1.82, 2.24) is 18.8 Å². The number of nitrogens with zero attached hydrogens (tertiary/aromatic N) is 4. The molecule has 218 valence electrons. The molecule has 0 atom stereocenters. The van der Waals surface area contributed by atoms with Crippen molar-refractivity contribution in [1.29, 1.82) is 0 Å². The third kappa shape index (κ3) is 4.52. The Kier molecular flexibility index (Phi) is 6.78. The van der Waals surface area contributed by atoms with Crippen LogP contribution < -0.4 is 0 Å². The van der Waals surface area contributed by atoms with Crippen LogP contribution in [0.4, 0.5) is 0 Å². The van der Waals surface area contributed by atoms with Crippen molar-refractivity contribution in [3.8, 4) is 0 Å². The highest BCUT2D eigenvalue weighted by molar-refractivity contribution is 6.12. The van der Waals surface area contributed by atoms with Gasteiger partial charge in [-0.05, 0) is 84.7 Å². The second kappa shape index (κ2) is 11.1. The van der Waals surface area contributed by atoms with E-state index in [1.165, 1.54) is 80.2 Å². The molecule has 0 saturated carbocycles. The van der Waals surface area contributed by atoms with Gasteiger partial charge in [-0.2, -0.15) is 0 Å². The first kappa shape index (κ1) is 26.9. The highest BCUT2D eigenvalue weighted by Crippen LogP contribution is 2.32. The van der Waals surface area contributed by atoms with Crippen molar-refractivity contribution < 1.29 is 0 Å². The van der Waals surface area contributed by atoms with E-state index in [0.717, 1.165) is 48.4 Å². The van der Waals surface area contributed by atoms with E-state index in [4.69, 9.17) is 9.97 Å². The number of rotatable bonds is 9. The monoisotopic (exact) mass is 574 g/mol. The lowest BCUT2D eigenvalue weighted by atomic mass is 10.0. The van der Waals surface area contributed by atoms with Gasteiger partial charge in [0.15, 0.2) is 0 Å². The summed E-state index contributed by atoms with van der Waals surface area (Å²) in [6, 6.07) is 31.4. The standard InChI is InChI=1S/C40H38N4/c1-3-5-11-27-17-21-37-35(23-27)31-13-7-9-15-33(31)39-41-29(25-43(37)39)19-20-30-26-44-38-22-18-28(12-6-4-2)24-36(38)32-14-8-10-16-34(32)40(44)42-30/h7-10,13-18,21-26H,3-6,11-12,19-20H2,1-2H3. The van der Waals surface area contributed by atoms with Crippen LogP contribution in [0.1, 0.15) is 62.0 Å². The summed E-state index contributed by atoms with van der Waals surface area (Å²) in [5, 5.41) is 7.60. The molecular weight excluding hydrogens is 536 g/mol. The van der Waals surface area contributed by atoms with Crippen LogP contribution in [-0.2, 0) is 25.7 Å². The Morgan fingerprint density at radius 3 is 1.34 bits per heavy atom. The van der Waals surface area contributed by atoms with E-state index >= 15 is 0 Å². The van der Waals surface area contributed by atoms with Gasteiger partial charge in [0.25, 0.3) is 0 Å². The van der Waals surface area contributed by atoms with Gasteiger partial charge in [-0.25, -0.2) is 9.97 Å². The normalized spacial score (nSPS) is 12.1. The zero-order valence-electron chi connectivity index (χ0n) is 25.7. The summed E-state index contributed by atoms with van der Waals surface area (Å²) in [6.45, 7) is 4.52. The number of benzene rings is 4. The smallest absolute Gasteiger partial charge is 0.145 e. The van der Waals surface area contributed by atoms with Crippen LogP contribution in [-0.4, -0.2) is 18.8 Å². The number of imidazole rings is 2. The van der Waals surface area contributed by atoms with E-state index < -0.39 is 0 Å². The summed E-state index contributed by atoms with van der Waals surface area (Å²) in [6.07, 6.45) is 13.3. The Labute approximate surface area is 258 Å². The molecule has 0 bridgehead atoms. The van der Waals surface area contributed by atoms with Gasteiger partial charge in [0, 0.05) is 33.9 Å². The van der Waals surface area contributed by atoms with E-state index in [0.29, 0.717) is 0 Å². The molecule has 44 heavy (non-hydrogen) atoms. The number of fused-ring (bicyclic) bond motifs is 12. The van der Waals surface area contributed by atoms with Crippen LogP contribution in [0, 0.1) is 0 Å². The van der Waals surface area contributed by atoms with E-state index in [9.17, 15) is 0 Å². The van der Waals surface area contributed by atoms with E-state index in [1.54, 1.807) is 0 Å². The Hall–Kier alpha value is -4.70. The molecule has 8 aromatic rings. The van der Waals surface area contributed by atoms with Gasteiger partial charge in [0.05, 0.1) is 22.4 Å². The minimum atomic E-state index is 0.840. The number of unbranched alkanes of at least 4 members (excludes halogenated alkanes) is 2. The lowest BCUT2D eigenvalue weighted by Crippen LogP contribution is -1.92. The molecule has 4 aromatic carbocycles. The molecule has 4 heterocycles. The molecule has 0 aliphatic carbocycles. The molecule has 0 aliphatic heterocycles. The molecule has 0 N–H and O–H groups in total. The fourth-order valence-corrected chi connectivity index (χ4v) is 7.02. The molecule has 8 rings (SSSR count). The van der Waals surface area contributed by atoms with Gasteiger partial charge in [0.1, 0.15) is 11.3 Å². The van der Waals surface area contributed by atoms with Gasteiger partial charge in [0.2, 0.25) is 0 Å². The summed E-state index contributed by atoms with van der Waals surface area (Å²) in [7, 11) is 0. The van der Waals surface area contributed by atoms with Crippen molar-refractivity contribution in [2.45, 2.75) is 65.2 Å². The van der Waals surface area contributed by atoms with Crippen LogP contribution in [0.15, 0.2) is 97.3 Å². The van der Waals surface area contributed by atoms with Crippen molar-refractivity contribution in [2.24, 2.45) is 0 Å². The van der Waals surface area contributed by atoms with Crippen LogP contribution in [0.25, 0.3) is 54.6 Å². The molecule has 0 fully saturated rings. The van der Waals surface area contributed by atoms with Crippen molar-refractivity contribution in [3.63, 3.8) is 0 Å². The lowest BCUT2D eigenvalue weighted by molar-refractivity contribution is 0.796. The second-order valence-electron chi connectivity index (χ2n) is 12.4. The fourth-order valence-electron chi connectivity index (χ4n) is 7.02. The van der Waals surface area contributed by atoms with E-state index in [1.807, 2.05) is 0 Å². The molecule has 4 nitrogen and oxygen atoms in total. The second-order valence-corrected chi connectivity index (χ2v) is 12.4. The minimum absolute atomic E-state index is 0.840. The first-order valence-corrected chi connectivity index (χ1v) is 16.3. The SMILES string of the molecule is CCCCc1ccc2c(c1)c1ccccc1c1nc(CCc3cn4c5ccc(CCCC)cc5c5ccccc5c4n3)cn21. The van der Waals surface area contributed by atoms with Crippen LogP contribution >= 0.6 is 0 Å². The molecule has 0 amide bonds. The third-order valence-corrected chi connectivity index (χ3v) is 9.34. The number of aryl methyl sites for hydroxylation is 4. The van der Waals surface area contributed by atoms with Crippen LogP contribution in [0.5, 0.6) is 0 Å². The predicted octanol–water partition coefficient (Wildman–Crippen LogP) is 10.1. The summed E-state index contributed by atoms with van der Waals surface area (Å²) in [5.41, 5.74) is 9.55. The zero-order valence-corrected chi connectivity index (χ0v) is 25.7. The lowest BCUT2D eigenvalue weighted by Gasteiger charge is -2.10. The van der Waals surface area contributed by atoms with Gasteiger partial charge in [-0.3, -0.25) is 8.80 Å². The summed E-state index contributed by atoms with van der Waals surface area (Å²) >= 11 is 0. The summed E-state index contributed by atoms with van der Waals surface area (Å²) < 4.78 is 4.61. The Bertz CT molecular complexity index is 2160. The van der Waals surface area contributed by atoms with Gasteiger partial charge in [-0.15, -0.1) is 0 Å². The maximum absolute atomic E-state index is 5.19. The highest BCUT2D eigenvalue weighted by Gasteiger charge is 2.15. The molecule has 0 saturated heterocycles. The first-order chi connectivity index (χ1) is 21.7. The van der Waals surface area contributed by atoms with Crippen molar-refractivity contribution >= 4 is 54.6 Å². The highest BCUT2D eigenvalue weighted by atomic mass is 15.0. The molecule has 4 aromatic heterocycles. The summed E-state index contributed by atoms with van der Waals surface area (Å²) in [5.74, 6) is 0. The molecule has 0 radical (unpaired) electrons. The number of hydrogen-bond donors (Lipinski definition) is 0. The average molecular weight is 575 g/mol. The Morgan fingerprint density at radius 1 is 0.477 bits per heavy atom. The maximum atomic E-state index is 5.19. The number of aromatic nitrogens is 4. The Morgan fingerprint density at radius 2 is 0.909 bits per heavy atom. The van der Waals surface area contributed by atoms with Crippen LogP contribution in [0.2, 0.25) is 0 Å². The number of pyridine rings is 2. The largest absolute Gasteiger partial charge is 0.299 e. The van der Waals surface area contributed by atoms with Crippen molar-refractivity contribution in [2.75, 3.05) is 0 Å². The predicted molar refractivity (Wildman–Crippen MR) is 185 cm³/mol. The first-order valence-electron chi connectivity index (χ1n) is 16.3. The molecular formula is C40H38N4. The average Bonchev–Trinajstić information content (AvgIpc) is 3.71. The third-order valence-electron chi connectivity index (χ3n) is 9.34. The quantitative estimate of drug-likeness (QED) is 0.161. The maximum Gasteiger partial charge on any atom is 0.145 e. The van der Waals surface area contributed by atoms with Crippen LogP contribution in [0.3, 0.4) is 0 Å². The minimum Gasteiger partial charge on any atom is -0.299 e. The van der Waals surface area contributed by atoms with E-state index in [-0.39, 0.29) is 0 Å². The van der Waals surface area contributed by atoms with Gasteiger partial charge in [-0.1, -0.05) is 87.4 Å². The molecule has 0 unspecified atom stereocenters. The molecule has 0 spiro atoms.